The number of aliphatic hydroxyl groups is 1. The first-order valence-electron chi connectivity index (χ1n) is 7.76. The highest BCUT2D eigenvalue weighted by atomic mass is 16.5. The molecule has 1 amide bonds. The Bertz CT molecular complexity index is 640. The Morgan fingerprint density at radius 2 is 1.91 bits per heavy atom. The third-order valence-electron chi connectivity index (χ3n) is 3.63. The summed E-state index contributed by atoms with van der Waals surface area (Å²) in [5.74, 6) is 0.538. The third-order valence-corrected chi connectivity index (χ3v) is 3.63. The van der Waals surface area contributed by atoms with Gasteiger partial charge in [0.25, 0.3) is 5.91 Å². The first-order valence-corrected chi connectivity index (χ1v) is 7.76. The van der Waals surface area contributed by atoms with Crippen LogP contribution in [0.25, 0.3) is 0 Å². The number of ether oxygens (including phenoxy) is 1. The van der Waals surface area contributed by atoms with Crippen LogP contribution in [0.4, 0.5) is 0 Å². The van der Waals surface area contributed by atoms with E-state index < -0.39 is 6.10 Å². The Balaban J connectivity index is 1.72. The van der Waals surface area contributed by atoms with Crippen molar-refractivity contribution in [1.29, 1.82) is 0 Å². The van der Waals surface area contributed by atoms with Gasteiger partial charge in [-0.3, -0.25) is 4.79 Å². The summed E-state index contributed by atoms with van der Waals surface area (Å²) in [7, 11) is 0. The lowest BCUT2D eigenvalue weighted by Crippen LogP contribution is -2.30. The van der Waals surface area contributed by atoms with Gasteiger partial charge in [0.2, 0.25) is 0 Å². The second kappa shape index (κ2) is 8.34. The summed E-state index contributed by atoms with van der Waals surface area (Å²) in [6, 6.07) is 15.3. The minimum absolute atomic E-state index is 0.0221. The molecule has 0 fully saturated rings. The Kier molecular flexibility index (Phi) is 6.18. The summed E-state index contributed by atoms with van der Waals surface area (Å²) >= 11 is 0. The van der Waals surface area contributed by atoms with Crippen LogP contribution in [0.5, 0.6) is 5.75 Å². The molecule has 1 unspecified atom stereocenters. The van der Waals surface area contributed by atoms with E-state index in [2.05, 4.69) is 5.32 Å². The molecule has 0 bridgehead atoms. The van der Waals surface area contributed by atoms with Crippen LogP contribution >= 0.6 is 0 Å². The van der Waals surface area contributed by atoms with Crippen LogP contribution in [-0.4, -0.2) is 24.2 Å². The maximum atomic E-state index is 11.8. The Hall–Kier alpha value is -2.33. The lowest BCUT2D eigenvalue weighted by Gasteiger charge is -2.13. The van der Waals surface area contributed by atoms with Gasteiger partial charge in [-0.05, 0) is 43.0 Å². The number of rotatable bonds is 7. The molecular weight excluding hydrogens is 290 g/mol. The molecule has 122 valence electrons. The van der Waals surface area contributed by atoms with E-state index in [4.69, 9.17) is 4.74 Å². The molecule has 4 heteroatoms. The number of hydrogen-bond donors (Lipinski definition) is 2. The SMILES string of the molecule is Cc1ccc(C)c(OCC(=O)NCCC(O)c2ccccc2)c1. The highest BCUT2D eigenvalue weighted by Crippen LogP contribution is 2.19. The van der Waals surface area contributed by atoms with Gasteiger partial charge in [-0.2, -0.15) is 0 Å². The van der Waals surface area contributed by atoms with Crippen molar-refractivity contribution in [2.75, 3.05) is 13.2 Å². The lowest BCUT2D eigenvalue weighted by atomic mass is 10.1. The smallest absolute Gasteiger partial charge is 0.257 e. The lowest BCUT2D eigenvalue weighted by molar-refractivity contribution is -0.123. The van der Waals surface area contributed by atoms with E-state index in [0.29, 0.717) is 13.0 Å². The van der Waals surface area contributed by atoms with Gasteiger partial charge in [0.15, 0.2) is 6.61 Å². The molecule has 2 aromatic rings. The second-order valence-corrected chi connectivity index (χ2v) is 5.62. The first kappa shape index (κ1) is 17.0. The zero-order valence-electron chi connectivity index (χ0n) is 13.6. The zero-order valence-corrected chi connectivity index (χ0v) is 13.6. The van der Waals surface area contributed by atoms with E-state index in [-0.39, 0.29) is 12.5 Å². The van der Waals surface area contributed by atoms with Crippen molar-refractivity contribution in [2.24, 2.45) is 0 Å². The second-order valence-electron chi connectivity index (χ2n) is 5.62. The monoisotopic (exact) mass is 313 g/mol. The van der Waals surface area contributed by atoms with Crippen LogP contribution in [0.1, 0.15) is 29.2 Å². The van der Waals surface area contributed by atoms with Gasteiger partial charge < -0.3 is 15.2 Å². The standard InChI is InChI=1S/C19H23NO3/c1-14-8-9-15(2)18(12-14)23-13-19(22)20-11-10-17(21)16-6-4-3-5-7-16/h3-9,12,17,21H,10-11,13H2,1-2H3,(H,20,22). The van der Waals surface area contributed by atoms with Crippen molar-refractivity contribution in [1.82, 2.24) is 5.32 Å². The molecule has 4 nitrogen and oxygen atoms in total. The normalized spacial score (nSPS) is 11.8. The van der Waals surface area contributed by atoms with Gasteiger partial charge in [0.1, 0.15) is 5.75 Å². The van der Waals surface area contributed by atoms with E-state index >= 15 is 0 Å². The van der Waals surface area contributed by atoms with E-state index in [1.807, 2.05) is 62.4 Å². The molecule has 0 aliphatic carbocycles. The number of aryl methyl sites for hydroxylation is 2. The predicted molar refractivity (Wildman–Crippen MR) is 90.4 cm³/mol. The minimum atomic E-state index is -0.573. The van der Waals surface area contributed by atoms with Gasteiger partial charge in [0, 0.05) is 6.54 Å². The first-order chi connectivity index (χ1) is 11.1. The van der Waals surface area contributed by atoms with Crippen LogP contribution in [-0.2, 0) is 4.79 Å². The summed E-state index contributed by atoms with van der Waals surface area (Å²) in [6.45, 7) is 4.32. The highest BCUT2D eigenvalue weighted by Gasteiger charge is 2.09. The fourth-order valence-corrected chi connectivity index (χ4v) is 2.25. The molecule has 0 aromatic heterocycles. The molecule has 2 rings (SSSR count). The summed E-state index contributed by atoms with van der Waals surface area (Å²) in [5, 5.41) is 12.8. The van der Waals surface area contributed by atoms with E-state index in [9.17, 15) is 9.90 Å². The average Bonchev–Trinajstić information content (AvgIpc) is 2.56. The number of carbonyl (C=O) groups excluding carboxylic acids is 1. The Labute approximate surface area is 137 Å². The molecule has 0 radical (unpaired) electrons. The largest absolute Gasteiger partial charge is 0.483 e. The summed E-state index contributed by atoms with van der Waals surface area (Å²) in [6.07, 6.45) is -0.101. The van der Waals surface area contributed by atoms with Crippen LogP contribution in [0.2, 0.25) is 0 Å². The quantitative estimate of drug-likeness (QED) is 0.826. The van der Waals surface area contributed by atoms with Gasteiger partial charge in [-0.25, -0.2) is 0 Å². The topological polar surface area (TPSA) is 58.6 Å². The minimum Gasteiger partial charge on any atom is -0.483 e. The fraction of sp³-hybridized carbons (Fsp3) is 0.316. The van der Waals surface area contributed by atoms with Gasteiger partial charge >= 0.3 is 0 Å². The van der Waals surface area contributed by atoms with E-state index in [0.717, 1.165) is 22.4 Å². The molecular formula is C19H23NO3. The number of hydrogen-bond acceptors (Lipinski definition) is 3. The predicted octanol–water partition coefficient (Wildman–Crippen LogP) is 2.92. The molecule has 2 N–H and O–H groups in total. The average molecular weight is 313 g/mol. The maximum absolute atomic E-state index is 11.8. The Morgan fingerprint density at radius 3 is 2.65 bits per heavy atom. The number of carbonyl (C=O) groups is 1. The van der Waals surface area contributed by atoms with Crippen LogP contribution < -0.4 is 10.1 Å². The van der Waals surface area contributed by atoms with E-state index in [1.165, 1.54) is 0 Å². The van der Waals surface area contributed by atoms with Gasteiger partial charge in [-0.1, -0.05) is 42.5 Å². The fourth-order valence-electron chi connectivity index (χ4n) is 2.25. The molecule has 23 heavy (non-hydrogen) atoms. The molecule has 0 aliphatic heterocycles. The van der Waals surface area contributed by atoms with Crippen molar-refractivity contribution in [2.45, 2.75) is 26.4 Å². The maximum Gasteiger partial charge on any atom is 0.257 e. The molecule has 1 atom stereocenters. The van der Waals surface area contributed by atoms with Crippen molar-refractivity contribution in [3.63, 3.8) is 0 Å². The Morgan fingerprint density at radius 1 is 1.17 bits per heavy atom. The van der Waals surface area contributed by atoms with Crippen LogP contribution in [0.3, 0.4) is 0 Å². The van der Waals surface area contributed by atoms with Crippen molar-refractivity contribution < 1.29 is 14.6 Å². The molecule has 0 saturated carbocycles. The highest BCUT2D eigenvalue weighted by molar-refractivity contribution is 5.77. The zero-order chi connectivity index (χ0) is 16.7. The molecule has 0 aliphatic rings. The van der Waals surface area contributed by atoms with Gasteiger partial charge in [-0.15, -0.1) is 0 Å². The summed E-state index contributed by atoms with van der Waals surface area (Å²) < 4.78 is 5.55. The number of nitrogens with one attached hydrogen (secondary N) is 1. The summed E-state index contributed by atoms with van der Waals surface area (Å²) in [4.78, 5) is 11.8. The number of benzene rings is 2. The third kappa shape index (κ3) is 5.42. The van der Waals surface area contributed by atoms with E-state index in [1.54, 1.807) is 0 Å². The molecule has 0 spiro atoms. The van der Waals surface area contributed by atoms with Crippen molar-refractivity contribution in [3.8, 4) is 5.75 Å². The number of amides is 1. The molecule has 0 saturated heterocycles. The van der Waals surface area contributed by atoms with Crippen LogP contribution in [0, 0.1) is 13.8 Å². The van der Waals surface area contributed by atoms with Crippen molar-refractivity contribution >= 4 is 5.91 Å². The number of aliphatic hydroxyl groups excluding tert-OH is 1. The summed E-state index contributed by atoms with van der Waals surface area (Å²) in [5.41, 5.74) is 2.95. The van der Waals surface area contributed by atoms with Gasteiger partial charge in [0.05, 0.1) is 6.10 Å². The van der Waals surface area contributed by atoms with Crippen LogP contribution in [0.15, 0.2) is 48.5 Å². The molecule has 0 heterocycles. The van der Waals surface area contributed by atoms with Crippen molar-refractivity contribution in [3.05, 3.63) is 65.2 Å². The molecule has 2 aromatic carbocycles.